The summed E-state index contributed by atoms with van der Waals surface area (Å²) in [5, 5.41) is 8.57. The smallest absolute Gasteiger partial charge is 0.110 e. The van der Waals surface area contributed by atoms with Crippen LogP contribution in [0.4, 0.5) is 0 Å². The molecule has 0 atom stereocenters. The van der Waals surface area contributed by atoms with E-state index in [9.17, 15) is 0 Å². The third-order valence-electron chi connectivity index (χ3n) is 1.30. The van der Waals surface area contributed by atoms with E-state index in [4.69, 9.17) is 5.26 Å². The molecule has 0 aliphatic carbocycles. The summed E-state index contributed by atoms with van der Waals surface area (Å²) < 4.78 is 0.150. The lowest BCUT2D eigenvalue weighted by atomic mass is 10.2. The highest BCUT2D eigenvalue weighted by molar-refractivity contribution is 14.1. The molecule has 1 rings (SSSR count). The van der Waals surface area contributed by atoms with Gasteiger partial charge >= 0.3 is 0 Å². The Hall–Kier alpha value is -0.0800. The van der Waals surface area contributed by atoms with Crippen molar-refractivity contribution in [3.63, 3.8) is 0 Å². The first-order valence-corrected chi connectivity index (χ1v) is 5.13. The van der Waals surface area contributed by atoms with Crippen LogP contribution in [0.1, 0.15) is 23.6 Å². The molecule has 1 heterocycles. The number of thiophene rings is 1. The Labute approximate surface area is 84.2 Å². The van der Waals surface area contributed by atoms with Crippen molar-refractivity contribution >= 4 is 33.9 Å². The number of halogens is 1. The molecule has 0 aliphatic rings. The monoisotopic (exact) mass is 277 g/mol. The van der Waals surface area contributed by atoms with Crippen molar-refractivity contribution in [2.24, 2.45) is 0 Å². The maximum Gasteiger partial charge on any atom is 0.110 e. The number of alkyl halides is 1. The molecule has 1 nitrogen and oxygen atoms in total. The fourth-order valence-electron chi connectivity index (χ4n) is 0.717. The van der Waals surface area contributed by atoms with Gasteiger partial charge in [0.1, 0.15) is 10.9 Å². The van der Waals surface area contributed by atoms with Crippen LogP contribution in [0.5, 0.6) is 0 Å². The normalized spacial score (nSPS) is 11.1. The van der Waals surface area contributed by atoms with Gasteiger partial charge in [-0.25, -0.2) is 0 Å². The summed E-state index contributed by atoms with van der Waals surface area (Å²) in [6, 6.07) is 6.03. The zero-order chi connectivity index (χ0) is 8.48. The van der Waals surface area contributed by atoms with E-state index in [2.05, 4.69) is 42.5 Å². The molecule has 0 saturated carbocycles. The zero-order valence-corrected chi connectivity index (χ0v) is 9.36. The fourth-order valence-corrected chi connectivity index (χ4v) is 2.03. The van der Waals surface area contributed by atoms with Crippen molar-refractivity contribution in [1.29, 1.82) is 5.26 Å². The SMILES string of the molecule is CC(C)(I)c1ccc(C#N)s1. The van der Waals surface area contributed by atoms with Crippen molar-refractivity contribution in [3.05, 3.63) is 21.9 Å². The van der Waals surface area contributed by atoms with Crippen molar-refractivity contribution in [2.45, 2.75) is 17.3 Å². The van der Waals surface area contributed by atoms with Gasteiger partial charge in [-0.05, 0) is 26.0 Å². The second-order valence-electron chi connectivity index (χ2n) is 2.75. The van der Waals surface area contributed by atoms with Gasteiger partial charge in [-0.3, -0.25) is 0 Å². The molecule has 0 fully saturated rings. The Morgan fingerprint density at radius 3 is 2.45 bits per heavy atom. The van der Waals surface area contributed by atoms with Crippen molar-refractivity contribution in [1.82, 2.24) is 0 Å². The summed E-state index contributed by atoms with van der Waals surface area (Å²) in [5.41, 5.74) is 0. The van der Waals surface area contributed by atoms with Crippen LogP contribution < -0.4 is 0 Å². The highest BCUT2D eigenvalue weighted by atomic mass is 127. The van der Waals surface area contributed by atoms with E-state index >= 15 is 0 Å². The molecule has 11 heavy (non-hydrogen) atoms. The number of hydrogen-bond donors (Lipinski definition) is 0. The molecule has 0 spiro atoms. The molecule has 1 aromatic rings. The van der Waals surface area contributed by atoms with E-state index in [-0.39, 0.29) is 3.42 Å². The van der Waals surface area contributed by atoms with Gasteiger partial charge in [0.05, 0.1) is 3.42 Å². The number of nitriles is 1. The largest absolute Gasteiger partial charge is 0.192 e. The van der Waals surface area contributed by atoms with Crippen molar-refractivity contribution < 1.29 is 0 Å². The minimum absolute atomic E-state index is 0.150. The second-order valence-corrected chi connectivity index (χ2v) is 6.53. The summed E-state index contributed by atoms with van der Waals surface area (Å²) in [6.45, 7) is 4.28. The summed E-state index contributed by atoms with van der Waals surface area (Å²) in [6.07, 6.45) is 0. The Morgan fingerprint density at radius 1 is 1.55 bits per heavy atom. The molecular formula is C8H8INS. The average Bonchev–Trinajstić information content (AvgIpc) is 2.32. The minimum atomic E-state index is 0.150. The number of rotatable bonds is 1. The van der Waals surface area contributed by atoms with Gasteiger partial charge in [0.2, 0.25) is 0 Å². The van der Waals surface area contributed by atoms with Crippen LogP contribution >= 0.6 is 33.9 Å². The third-order valence-corrected chi connectivity index (χ3v) is 3.56. The molecule has 0 radical (unpaired) electrons. The van der Waals surface area contributed by atoms with Gasteiger partial charge in [0.15, 0.2) is 0 Å². The molecule has 0 amide bonds. The molecular weight excluding hydrogens is 269 g/mol. The molecule has 0 saturated heterocycles. The first-order valence-electron chi connectivity index (χ1n) is 3.23. The van der Waals surface area contributed by atoms with Crippen LogP contribution in [-0.4, -0.2) is 0 Å². The van der Waals surface area contributed by atoms with Gasteiger partial charge in [-0.2, -0.15) is 5.26 Å². The lowest BCUT2D eigenvalue weighted by Gasteiger charge is -2.12. The van der Waals surface area contributed by atoms with Crippen molar-refractivity contribution in [3.8, 4) is 6.07 Å². The Morgan fingerprint density at radius 2 is 2.18 bits per heavy atom. The van der Waals surface area contributed by atoms with Gasteiger partial charge in [0, 0.05) is 4.88 Å². The van der Waals surface area contributed by atoms with Crippen LogP contribution in [0.3, 0.4) is 0 Å². The van der Waals surface area contributed by atoms with Crippen LogP contribution in [0.15, 0.2) is 12.1 Å². The first kappa shape index (κ1) is 9.01. The maximum absolute atomic E-state index is 8.57. The molecule has 0 aromatic carbocycles. The van der Waals surface area contributed by atoms with E-state index in [1.54, 1.807) is 11.3 Å². The van der Waals surface area contributed by atoms with E-state index in [0.717, 1.165) is 4.88 Å². The van der Waals surface area contributed by atoms with Crippen LogP contribution in [-0.2, 0) is 3.42 Å². The van der Waals surface area contributed by atoms with Crippen LogP contribution in [0.25, 0.3) is 0 Å². The van der Waals surface area contributed by atoms with Crippen LogP contribution in [0, 0.1) is 11.3 Å². The molecule has 0 unspecified atom stereocenters. The Kier molecular flexibility index (Phi) is 2.55. The maximum atomic E-state index is 8.57. The molecule has 3 heteroatoms. The van der Waals surface area contributed by atoms with Crippen LogP contribution in [0.2, 0.25) is 0 Å². The number of hydrogen-bond acceptors (Lipinski definition) is 2. The summed E-state index contributed by atoms with van der Waals surface area (Å²) in [4.78, 5) is 2.05. The quantitative estimate of drug-likeness (QED) is 0.571. The Balaban J connectivity index is 3.01. The van der Waals surface area contributed by atoms with Gasteiger partial charge < -0.3 is 0 Å². The fraction of sp³-hybridized carbons (Fsp3) is 0.375. The molecule has 0 aliphatic heterocycles. The summed E-state index contributed by atoms with van der Waals surface area (Å²) in [7, 11) is 0. The topological polar surface area (TPSA) is 23.8 Å². The zero-order valence-electron chi connectivity index (χ0n) is 6.39. The Bertz CT molecular complexity index is 290. The lowest BCUT2D eigenvalue weighted by Crippen LogP contribution is -2.02. The van der Waals surface area contributed by atoms with Gasteiger partial charge in [-0.1, -0.05) is 22.6 Å². The molecule has 0 N–H and O–H groups in total. The average molecular weight is 277 g/mol. The molecule has 1 aromatic heterocycles. The summed E-state index contributed by atoms with van der Waals surface area (Å²) >= 11 is 3.94. The predicted molar refractivity (Wildman–Crippen MR) is 56.1 cm³/mol. The van der Waals surface area contributed by atoms with E-state index < -0.39 is 0 Å². The van der Waals surface area contributed by atoms with E-state index in [0.29, 0.717) is 0 Å². The minimum Gasteiger partial charge on any atom is -0.192 e. The lowest BCUT2D eigenvalue weighted by molar-refractivity contribution is 0.848. The van der Waals surface area contributed by atoms with Gasteiger partial charge in [0.25, 0.3) is 0 Å². The highest BCUT2D eigenvalue weighted by Crippen LogP contribution is 2.35. The predicted octanol–water partition coefficient (Wildman–Crippen LogP) is 3.29. The second kappa shape index (κ2) is 3.11. The third kappa shape index (κ3) is 2.17. The summed E-state index contributed by atoms with van der Waals surface area (Å²) in [5.74, 6) is 0. The van der Waals surface area contributed by atoms with E-state index in [1.807, 2.05) is 12.1 Å². The molecule has 58 valence electrons. The highest BCUT2D eigenvalue weighted by Gasteiger charge is 2.17. The molecule has 0 bridgehead atoms. The van der Waals surface area contributed by atoms with E-state index in [1.165, 1.54) is 4.88 Å². The van der Waals surface area contributed by atoms with Gasteiger partial charge in [-0.15, -0.1) is 11.3 Å². The number of nitrogens with zero attached hydrogens (tertiary/aromatic N) is 1. The van der Waals surface area contributed by atoms with Crippen molar-refractivity contribution in [2.75, 3.05) is 0 Å². The standard InChI is InChI=1S/C8H8INS/c1-8(2,9)7-4-3-6(5-10)11-7/h3-4H,1-2H3. The first-order chi connectivity index (χ1) is 5.04.